The minimum absolute atomic E-state index is 0.0658. The number of carbonyl (C=O) groups excluding carboxylic acids is 5. The average molecular weight is 1170 g/mol. The zero-order chi connectivity index (χ0) is 55.7. The van der Waals surface area contributed by atoms with Crippen LogP contribution in [-0.4, -0.2) is 101 Å². The maximum atomic E-state index is 13.4. The van der Waals surface area contributed by atoms with Gasteiger partial charge in [0.15, 0.2) is 0 Å². The predicted molar refractivity (Wildman–Crippen MR) is 301 cm³/mol. The fraction of sp³-hybridized carbons (Fsp3) is 0.473. The molecule has 2 aliphatic rings. The van der Waals surface area contributed by atoms with Crippen molar-refractivity contribution in [3.05, 3.63) is 127 Å². The van der Waals surface area contributed by atoms with Crippen molar-refractivity contribution in [1.82, 2.24) is 10.6 Å². The van der Waals surface area contributed by atoms with Crippen LogP contribution in [0.1, 0.15) is 122 Å². The largest absolute Gasteiger partial charge is 0.467 e. The van der Waals surface area contributed by atoms with Gasteiger partial charge in [-0.3, -0.25) is 19.2 Å². The number of esters is 1. The Kier molecular flexibility index (Phi) is 23.5. The number of ether oxygens (including phenoxy) is 1. The summed E-state index contributed by atoms with van der Waals surface area (Å²) in [7, 11) is -4.79. The van der Waals surface area contributed by atoms with Gasteiger partial charge in [0.25, 0.3) is 11.8 Å². The van der Waals surface area contributed by atoms with Crippen LogP contribution in [0.25, 0.3) is 0 Å². The maximum absolute atomic E-state index is 13.4. The molecule has 0 radical (unpaired) electrons. The van der Waals surface area contributed by atoms with E-state index < -0.39 is 60.4 Å². The minimum atomic E-state index is -3.05. The fourth-order valence-electron chi connectivity index (χ4n) is 9.87. The van der Waals surface area contributed by atoms with Gasteiger partial charge in [0.2, 0.25) is 11.8 Å². The third kappa shape index (κ3) is 18.7. The van der Waals surface area contributed by atoms with Crippen molar-refractivity contribution in [2.75, 3.05) is 48.4 Å². The van der Waals surface area contributed by atoms with Crippen molar-refractivity contribution in [3.63, 3.8) is 0 Å². The predicted octanol–water partition coefficient (Wildman–Crippen LogP) is 10.3. The first-order valence-corrected chi connectivity index (χ1v) is 30.9. The number of benzene rings is 4. The quantitative estimate of drug-likeness (QED) is 0.0327. The number of hydrogen-bond donors (Lipinski definition) is 5. The molecule has 0 heterocycles. The van der Waals surface area contributed by atoms with Gasteiger partial charge in [-0.1, -0.05) is 121 Å². The van der Waals surface area contributed by atoms with Crippen LogP contribution in [-0.2, 0) is 51.6 Å². The second kappa shape index (κ2) is 28.7. The third-order valence-corrected chi connectivity index (χ3v) is 17.3. The van der Waals surface area contributed by atoms with Crippen LogP contribution in [0.3, 0.4) is 0 Å². The van der Waals surface area contributed by atoms with Gasteiger partial charge in [-0.05, 0) is 117 Å². The number of amides is 4. The molecule has 0 spiro atoms. The first-order valence-electron chi connectivity index (χ1n) is 25.3. The van der Waals surface area contributed by atoms with Gasteiger partial charge >= 0.3 is 5.97 Å². The number of halogens is 4. The van der Waals surface area contributed by atoms with Crippen LogP contribution < -0.4 is 21.3 Å². The van der Waals surface area contributed by atoms with Gasteiger partial charge in [0.1, 0.15) is 25.7 Å². The number of rotatable bonds is 24. The number of aliphatic hydroxyl groups is 1. The molecule has 5 N–H and O–H groups in total. The Balaban J connectivity index is 0.000000281. The molecule has 76 heavy (non-hydrogen) atoms. The lowest BCUT2D eigenvalue weighted by atomic mass is 9.80. The minimum Gasteiger partial charge on any atom is -0.467 e. The van der Waals surface area contributed by atoms with Gasteiger partial charge in [-0.15, -0.1) is 0 Å². The zero-order valence-corrected chi connectivity index (χ0v) is 47.7. The highest BCUT2D eigenvalue weighted by Crippen LogP contribution is 2.44. The summed E-state index contributed by atoms with van der Waals surface area (Å²) in [6, 6.07) is 22.4. The zero-order valence-electron chi connectivity index (χ0n) is 43.0. The van der Waals surface area contributed by atoms with Crippen LogP contribution >= 0.6 is 46.4 Å². The van der Waals surface area contributed by atoms with E-state index in [4.69, 9.17) is 51.1 Å². The molecule has 414 valence electrons. The average Bonchev–Trinajstić information content (AvgIpc) is 4.06. The van der Waals surface area contributed by atoms with Crippen LogP contribution in [0.5, 0.6) is 0 Å². The van der Waals surface area contributed by atoms with Crippen molar-refractivity contribution in [2.45, 2.75) is 115 Å². The number of anilines is 2. The Morgan fingerprint density at radius 1 is 0.566 bits per heavy atom. The van der Waals surface area contributed by atoms with Crippen molar-refractivity contribution in [2.24, 2.45) is 10.8 Å². The summed E-state index contributed by atoms with van der Waals surface area (Å²) in [6.07, 6.45) is 13.4. The number of sulfone groups is 2. The van der Waals surface area contributed by atoms with Gasteiger partial charge < -0.3 is 31.1 Å². The molecule has 0 saturated heterocycles. The lowest BCUT2D eigenvalue weighted by Gasteiger charge is -2.30. The van der Waals surface area contributed by atoms with Crippen molar-refractivity contribution >= 4 is 107 Å². The number of methoxy groups -OCH3 is 1. The first-order chi connectivity index (χ1) is 36.0. The van der Waals surface area contributed by atoms with E-state index >= 15 is 0 Å². The maximum Gasteiger partial charge on any atom is 0.328 e. The van der Waals surface area contributed by atoms with Crippen LogP contribution in [0.15, 0.2) is 84.9 Å². The van der Waals surface area contributed by atoms with Crippen LogP contribution in [0, 0.1) is 10.8 Å². The number of nitrogens with one attached hydrogen (secondary N) is 4. The summed E-state index contributed by atoms with van der Waals surface area (Å²) >= 11 is 24.5. The molecule has 6 rings (SSSR count). The topological polar surface area (TPSA) is 231 Å². The Bertz CT molecular complexity index is 2840. The van der Waals surface area contributed by atoms with E-state index in [1.807, 2.05) is 12.1 Å². The van der Waals surface area contributed by atoms with Crippen LogP contribution in [0.2, 0.25) is 20.1 Å². The molecule has 2 aliphatic carbocycles. The molecular weight excluding hydrogens is 1100 g/mol. The lowest BCUT2D eigenvalue weighted by molar-refractivity contribution is -0.146. The van der Waals surface area contributed by atoms with Crippen LogP contribution in [0.4, 0.5) is 11.4 Å². The van der Waals surface area contributed by atoms with E-state index in [1.54, 1.807) is 72.8 Å². The molecule has 21 heteroatoms. The Hall–Kier alpha value is -4.75. The van der Waals surface area contributed by atoms with E-state index in [0.29, 0.717) is 69.2 Å². The second-order valence-corrected chi connectivity index (χ2v) is 26.1. The van der Waals surface area contributed by atoms with Gasteiger partial charge in [0.05, 0.1) is 51.0 Å². The molecule has 2 fully saturated rings. The highest BCUT2D eigenvalue weighted by molar-refractivity contribution is 7.90. The molecule has 4 aromatic rings. The molecule has 0 bridgehead atoms. The fourth-order valence-corrected chi connectivity index (χ4v) is 12.5. The highest BCUT2D eigenvalue weighted by Gasteiger charge is 2.43. The number of hydrogen-bond acceptors (Lipinski definition) is 11. The lowest BCUT2D eigenvalue weighted by Crippen LogP contribution is -2.49. The van der Waals surface area contributed by atoms with Crippen molar-refractivity contribution < 1.29 is 50.7 Å². The Labute approximate surface area is 466 Å². The Morgan fingerprint density at radius 3 is 1.29 bits per heavy atom. The molecule has 0 aromatic heterocycles. The molecule has 2 unspecified atom stereocenters. The summed E-state index contributed by atoms with van der Waals surface area (Å²) < 4.78 is 50.8. The summed E-state index contributed by atoms with van der Waals surface area (Å²) in [5, 5.41) is 22.4. The summed E-state index contributed by atoms with van der Waals surface area (Å²) in [6.45, 7) is -0.209. The van der Waals surface area contributed by atoms with Gasteiger partial charge in [-0.2, -0.15) is 0 Å². The monoisotopic (exact) mass is 1160 g/mol. The Morgan fingerprint density at radius 2 is 0.934 bits per heavy atom. The highest BCUT2D eigenvalue weighted by atomic mass is 35.5. The van der Waals surface area contributed by atoms with E-state index in [-0.39, 0.29) is 67.6 Å². The molecule has 15 nitrogen and oxygen atoms in total. The molecule has 0 aliphatic heterocycles. The van der Waals surface area contributed by atoms with E-state index in [1.165, 1.54) is 19.6 Å². The normalized spacial score (nSPS) is 15.6. The molecule has 2 saturated carbocycles. The van der Waals surface area contributed by atoms with E-state index in [9.17, 15) is 45.9 Å². The summed E-state index contributed by atoms with van der Waals surface area (Å²) in [4.78, 5) is 64.5. The van der Waals surface area contributed by atoms with Gasteiger partial charge in [-0.25, -0.2) is 21.6 Å². The standard InChI is InChI=1S/C28H34Cl2N2O6S.C27H34Cl2N2O5S/c1-38-26(34)23(32-27(35)28(14-3-4-15-28)16-5-6-17-39(2,36)37)18-19-10-12-20(13-11-19)31-25(33)24-21(29)8-7-9-22(24)30;1-37(35,36)16-5-4-15-27(13-2-3-14-27)26(34)31-21(18-32)17-19-9-11-20(12-10-19)30-25(33)24-22(28)7-6-8-23(24)29/h7-13,23H,3-6,14-18H2,1-2H3,(H,31,33)(H,32,35);6-12,21,32H,2-5,13-18H2,1H3,(H,30,33)(H,31,34). The second-order valence-electron chi connectivity index (χ2n) is 20.0. The number of unbranched alkanes of at least 4 members (excludes halogenated alkanes) is 2. The molecular formula is C55H68Cl4N4O11S2. The first kappa shape index (κ1) is 62.1. The SMILES string of the molecule is COC(=O)C(Cc1ccc(NC(=O)c2c(Cl)cccc2Cl)cc1)NC(=O)C1(CCCCS(C)(=O)=O)CCCC1.CS(=O)(=O)CCCCC1(C(=O)NC(CO)Cc2ccc(NC(=O)c3c(Cl)cccc3Cl)cc2)CCCC1. The molecule has 2 atom stereocenters. The number of carbonyl (C=O) groups is 5. The summed E-state index contributed by atoms with van der Waals surface area (Å²) in [5.41, 5.74) is 1.99. The van der Waals surface area contributed by atoms with Crippen molar-refractivity contribution in [1.29, 1.82) is 0 Å². The number of aliphatic hydroxyl groups excluding tert-OH is 1. The smallest absolute Gasteiger partial charge is 0.328 e. The third-order valence-electron chi connectivity index (χ3n) is 14.0. The van der Waals surface area contributed by atoms with Gasteiger partial charge in [0, 0.05) is 52.6 Å². The molecule has 4 amide bonds. The summed E-state index contributed by atoms with van der Waals surface area (Å²) in [5.74, 6) is -1.46. The van der Waals surface area contributed by atoms with E-state index in [0.717, 1.165) is 49.7 Å². The van der Waals surface area contributed by atoms with E-state index in [2.05, 4.69) is 21.3 Å². The molecule has 4 aromatic carbocycles. The van der Waals surface area contributed by atoms with Crippen molar-refractivity contribution in [3.8, 4) is 0 Å².